The monoisotopic (exact) mass is 773 g/mol. The molecule has 12 nitrogen and oxygen atoms in total. The number of benzene rings is 2. The Kier molecular flexibility index (Phi) is 18.7. The first-order valence-electron chi connectivity index (χ1n) is 18.0. The summed E-state index contributed by atoms with van der Waals surface area (Å²) in [6.07, 6.45) is 0. The van der Waals surface area contributed by atoms with Crippen molar-refractivity contribution in [1.29, 1.82) is 0 Å². The SMILES string of the molecule is CC(C)(Br)C(N)=O.CC(C)(C(N)=O)N1CCN(Cc2ccccc2)CC1.CC(C)(C(N)=O)N1CCNCC1.c1ccc(CN2CCNCC2)cc1. The molecule has 13 heteroatoms. The van der Waals surface area contributed by atoms with Crippen LogP contribution in [0.4, 0.5) is 0 Å². The van der Waals surface area contributed by atoms with Gasteiger partial charge in [0, 0.05) is 91.6 Å². The van der Waals surface area contributed by atoms with Gasteiger partial charge < -0.3 is 27.8 Å². The Bertz CT molecular complexity index is 1300. The number of halogens is 1. The average Bonchev–Trinajstić information content (AvgIpc) is 3.10. The summed E-state index contributed by atoms with van der Waals surface area (Å²) >= 11 is 3.07. The van der Waals surface area contributed by atoms with Crippen molar-refractivity contribution >= 4 is 33.7 Å². The number of nitrogens with two attached hydrogens (primary N) is 3. The van der Waals surface area contributed by atoms with E-state index in [9.17, 15) is 14.4 Å². The maximum absolute atomic E-state index is 11.5. The molecular formula is C38H64BrN9O3. The number of rotatable bonds is 9. The summed E-state index contributed by atoms with van der Waals surface area (Å²) in [5.41, 5.74) is 17.4. The van der Waals surface area contributed by atoms with Gasteiger partial charge in [-0.2, -0.15) is 0 Å². The smallest absolute Gasteiger partial charge is 0.237 e. The zero-order valence-corrected chi connectivity index (χ0v) is 33.4. The minimum absolute atomic E-state index is 0.246. The van der Waals surface area contributed by atoms with Gasteiger partial charge in [0.05, 0.1) is 15.4 Å². The molecule has 0 aromatic heterocycles. The van der Waals surface area contributed by atoms with Gasteiger partial charge in [0.2, 0.25) is 17.7 Å². The van der Waals surface area contributed by atoms with Crippen LogP contribution < -0.4 is 27.8 Å². The highest BCUT2D eigenvalue weighted by atomic mass is 79.9. The molecule has 51 heavy (non-hydrogen) atoms. The van der Waals surface area contributed by atoms with Crippen LogP contribution in [0.2, 0.25) is 0 Å². The first kappa shape index (κ1) is 44.3. The number of hydrogen-bond acceptors (Lipinski definition) is 9. The van der Waals surface area contributed by atoms with E-state index in [2.05, 4.69) is 101 Å². The largest absolute Gasteiger partial charge is 0.368 e. The van der Waals surface area contributed by atoms with Gasteiger partial charge in [-0.25, -0.2) is 0 Å². The maximum atomic E-state index is 11.5. The third kappa shape index (κ3) is 16.1. The first-order valence-corrected chi connectivity index (χ1v) is 18.8. The number of piperazine rings is 3. The second kappa shape index (κ2) is 21.6. The van der Waals surface area contributed by atoms with Gasteiger partial charge in [-0.15, -0.1) is 0 Å². The molecule has 3 aliphatic heterocycles. The zero-order chi connectivity index (χ0) is 38.1. The fourth-order valence-corrected chi connectivity index (χ4v) is 5.55. The number of nitrogens with zero attached hydrogens (tertiary/aromatic N) is 4. The van der Waals surface area contributed by atoms with Crippen molar-refractivity contribution < 1.29 is 14.4 Å². The summed E-state index contributed by atoms with van der Waals surface area (Å²) < 4.78 is -0.549. The highest BCUT2D eigenvalue weighted by Crippen LogP contribution is 2.18. The number of carbonyl (C=O) groups excluding carboxylic acids is 3. The lowest BCUT2D eigenvalue weighted by atomic mass is 10.0. The molecule has 0 spiro atoms. The fourth-order valence-electron chi connectivity index (χ4n) is 5.55. The summed E-state index contributed by atoms with van der Waals surface area (Å²) in [6, 6.07) is 21.2. The highest BCUT2D eigenvalue weighted by molar-refractivity contribution is 9.10. The molecule has 3 aliphatic rings. The van der Waals surface area contributed by atoms with Crippen LogP contribution >= 0.6 is 15.9 Å². The quantitative estimate of drug-likeness (QED) is 0.240. The van der Waals surface area contributed by atoms with Crippen LogP contribution in [0.5, 0.6) is 0 Å². The van der Waals surface area contributed by atoms with E-state index in [4.69, 9.17) is 17.2 Å². The van der Waals surface area contributed by atoms with E-state index in [1.807, 2.05) is 33.8 Å². The first-order chi connectivity index (χ1) is 23.9. The van der Waals surface area contributed by atoms with Crippen molar-refractivity contribution in [2.24, 2.45) is 17.2 Å². The molecule has 0 atom stereocenters. The van der Waals surface area contributed by atoms with E-state index in [1.165, 1.54) is 24.2 Å². The standard InChI is InChI=1S/C15H23N3O.C11H16N2.C8H17N3O.C4H8BrNO/c1-15(2,14(16)19)18-10-8-17(9-11-18)12-13-6-4-3-5-7-13;1-2-4-11(5-3-1)10-13-8-6-12-7-9-13;1-8(2,7(9)12)11-5-3-10-4-6-11;1-4(2,5)3(6)7/h3-7H,8-12H2,1-2H3,(H2,16,19);1-5,12H,6-10H2;10H,3-6H2,1-2H3,(H2,9,12);1-2H3,(H2,6,7). The van der Waals surface area contributed by atoms with Gasteiger partial charge in [0.1, 0.15) is 0 Å². The van der Waals surface area contributed by atoms with Crippen molar-refractivity contribution in [3.8, 4) is 0 Å². The number of hydrogen-bond donors (Lipinski definition) is 5. The van der Waals surface area contributed by atoms with Crippen LogP contribution in [0.25, 0.3) is 0 Å². The third-order valence-electron chi connectivity index (χ3n) is 9.57. The van der Waals surface area contributed by atoms with Crippen LogP contribution in [0.3, 0.4) is 0 Å². The van der Waals surface area contributed by atoms with Crippen LogP contribution in [-0.4, -0.2) is 131 Å². The van der Waals surface area contributed by atoms with Crippen molar-refractivity contribution in [3.05, 3.63) is 71.8 Å². The lowest BCUT2D eigenvalue weighted by Crippen LogP contribution is -2.59. The third-order valence-corrected chi connectivity index (χ3v) is 9.96. The average molecular weight is 775 g/mol. The van der Waals surface area contributed by atoms with Crippen LogP contribution in [-0.2, 0) is 27.5 Å². The second-order valence-corrected chi connectivity index (χ2v) is 16.7. The van der Waals surface area contributed by atoms with Gasteiger partial charge in [0.15, 0.2) is 0 Å². The van der Waals surface area contributed by atoms with E-state index in [0.717, 1.165) is 78.5 Å². The van der Waals surface area contributed by atoms with Gasteiger partial charge in [0.25, 0.3) is 0 Å². The minimum atomic E-state index is -0.549. The van der Waals surface area contributed by atoms with Crippen molar-refractivity contribution in [3.63, 3.8) is 0 Å². The molecule has 0 unspecified atom stereocenters. The van der Waals surface area contributed by atoms with E-state index in [1.54, 1.807) is 13.8 Å². The van der Waals surface area contributed by atoms with E-state index in [0.29, 0.717) is 0 Å². The Hall–Kier alpha value is -2.91. The van der Waals surface area contributed by atoms with Crippen LogP contribution in [0.15, 0.2) is 60.7 Å². The Morgan fingerprint density at radius 1 is 0.549 bits per heavy atom. The molecule has 0 saturated carbocycles. The Morgan fingerprint density at radius 2 is 0.863 bits per heavy atom. The number of alkyl halides is 1. The number of carbonyl (C=O) groups is 3. The van der Waals surface area contributed by atoms with Crippen molar-refractivity contribution in [2.45, 2.75) is 70.0 Å². The molecule has 0 radical (unpaired) electrons. The molecule has 0 aliphatic carbocycles. The van der Waals surface area contributed by atoms with E-state index >= 15 is 0 Å². The summed E-state index contributed by atoms with van der Waals surface area (Å²) in [5.74, 6) is -0.832. The Balaban J connectivity index is 0.000000249. The predicted octanol–water partition coefficient (Wildman–Crippen LogP) is 1.96. The molecule has 286 valence electrons. The normalized spacial score (nSPS) is 18.1. The summed E-state index contributed by atoms with van der Waals surface area (Å²) in [7, 11) is 0. The lowest BCUT2D eigenvalue weighted by molar-refractivity contribution is -0.129. The molecule has 8 N–H and O–H groups in total. The van der Waals surface area contributed by atoms with E-state index in [-0.39, 0.29) is 17.7 Å². The van der Waals surface area contributed by atoms with Gasteiger partial charge >= 0.3 is 0 Å². The molecule has 0 bridgehead atoms. The molecule has 2 aromatic carbocycles. The topological polar surface area (TPSA) is 166 Å². The number of amides is 3. The van der Waals surface area contributed by atoms with Crippen LogP contribution in [0.1, 0.15) is 52.7 Å². The molecule has 3 amide bonds. The van der Waals surface area contributed by atoms with Gasteiger partial charge in [-0.1, -0.05) is 76.6 Å². The number of primary amides is 3. The summed E-state index contributed by atoms with van der Waals surface area (Å²) in [4.78, 5) is 41.9. The summed E-state index contributed by atoms with van der Waals surface area (Å²) in [5, 5.41) is 6.59. The van der Waals surface area contributed by atoms with Crippen LogP contribution in [0, 0.1) is 0 Å². The van der Waals surface area contributed by atoms with E-state index < -0.39 is 15.4 Å². The minimum Gasteiger partial charge on any atom is -0.368 e. The number of nitrogens with one attached hydrogen (secondary N) is 2. The molecule has 3 heterocycles. The van der Waals surface area contributed by atoms with Gasteiger partial charge in [-0.3, -0.25) is 34.0 Å². The maximum Gasteiger partial charge on any atom is 0.237 e. The highest BCUT2D eigenvalue weighted by Gasteiger charge is 2.35. The predicted molar refractivity (Wildman–Crippen MR) is 211 cm³/mol. The van der Waals surface area contributed by atoms with Crippen molar-refractivity contribution in [1.82, 2.24) is 30.2 Å². The lowest BCUT2D eigenvalue weighted by Gasteiger charge is -2.42. The van der Waals surface area contributed by atoms with Gasteiger partial charge in [-0.05, 0) is 52.7 Å². The molecule has 3 fully saturated rings. The molecule has 5 rings (SSSR count). The van der Waals surface area contributed by atoms with Crippen molar-refractivity contribution in [2.75, 3.05) is 78.5 Å². The fraction of sp³-hybridized carbons (Fsp3) is 0.605. The second-order valence-electron chi connectivity index (χ2n) is 14.7. The molecule has 2 aromatic rings. The zero-order valence-electron chi connectivity index (χ0n) is 31.8. The molecular weight excluding hydrogens is 710 g/mol. The Morgan fingerprint density at radius 3 is 1.20 bits per heavy atom. The molecule has 3 saturated heterocycles. The Labute approximate surface area is 314 Å². The summed E-state index contributed by atoms with van der Waals surface area (Å²) in [6.45, 7) is 25.1.